The first-order valence-electron chi connectivity index (χ1n) is 10.5. The second-order valence-corrected chi connectivity index (χ2v) is 8.59. The summed E-state index contributed by atoms with van der Waals surface area (Å²) in [6.07, 6.45) is 8.07. The van der Waals surface area contributed by atoms with Gasteiger partial charge in [0, 0.05) is 24.4 Å². The zero-order valence-electron chi connectivity index (χ0n) is 15.9. The number of aromatic nitrogens is 2. The molecule has 0 unspecified atom stereocenters. The van der Waals surface area contributed by atoms with E-state index >= 15 is 0 Å². The van der Waals surface area contributed by atoms with Gasteiger partial charge in [-0.15, -0.1) is 0 Å². The summed E-state index contributed by atoms with van der Waals surface area (Å²) in [5, 5.41) is 19.4. The lowest BCUT2D eigenvalue weighted by molar-refractivity contribution is -0.0138. The van der Waals surface area contributed by atoms with Gasteiger partial charge in [-0.25, -0.2) is 0 Å². The molecule has 0 radical (unpaired) electrons. The van der Waals surface area contributed by atoms with Crippen molar-refractivity contribution in [1.82, 2.24) is 20.0 Å². The van der Waals surface area contributed by atoms with Crippen molar-refractivity contribution in [1.29, 1.82) is 0 Å². The van der Waals surface area contributed by atoms with Gasteiger partial charge < -0.3 is 10.4 Å². The van der Waals surface area contributed by atoms with E-state index in [0.717, 1.165) is 45.6 Å². The van der Waals surface area contributed by atoms with Gasteiger partial charge in [0.25, 0.3) is 0 Å². The van der Waals surface area contributed by atoms with Crippen molar-refractivity contribution in [2.24, 2.45) is 5.92 Å². The number of nitrogens with one attached hydrogen (secondary N) is 1. The number of aliphatic hydroxyl groups is 1. The number of aliphatic hydroxyl groups excluding tert-OH is 1. The molecule has 0 amide bonds. The number of benzene rings is 1. The Hall–Kier alpha value is -1.69. The standard InChI is InChI=1S/C22H30N4O/c27-21-20(25-14-6-17(7-15-25)16-26-13-3-10-24-26)18-4-1-2-5-19(18)22(21)8-11-23-12-9-22/h1-5,10,13,17,20-21,23,27H,6-9,11-12,14-16H2/t20-,21+/m1/s1. The van der Waals surface area contributed by atoms with E-state index in [9.17, 15) is 5.11 Å². The van der Waals surface area contributed by atoms with Gasteiger partial charge in [-0.3, -0.25) is 9.58 Å². The fourth-order valence-corrected chi connectivity index (χ4v) is 5.76. The van der Waals surface area contributed by atoms with Crippen molar-refractivity contribution in [3.63, 3.8) is 0 Å². The molecule has 1 aromatic carbocycles. The van der Waals surface area contributed by atoms with E-state index in [1.54, 1.807) is 0 Å². The number of likely N-dealkylation sites (tertiary alicyclic amines) is 1. The molecule has 1 aliphatic carbocycles. The maximum atomic E-state index is 11.5. The molecule has 2 fully saturated rings. The van der Waals surface area contributed by atoms with Crippen LogP contribution in [-0.4, -0.2) is 52.1 Å². The monoisotopic (exact) mass is 366 g/mol. The molecule has 2 aliphatic heterocycles. The van der Waals surface area contributed by atoms with Crippen LogP contribution in [0.5, 0.6) is 0 Å². The minimum Gasteiger partial charge on any atom is -0.390 e. The quantitative estimate of drug-likeness (QED) is 0.875. The SMILES string of the molecule is O[C@H]1[C@H](N2CCC(Cn3cccn3)CC2)c2ccccc2C12CCNCC2. The largest absolute Gasteiger partial charge is 0.390 e. The second kappa shape index (κ2) is 7.04. The molecular formula is C22H30N4O. The number of hydrogen-bond acceptors (Lipinski definition) is 4. The molecule has 2 atom stereocenters. The van der Waals surface area contributed by atoms with Crippen molar-refractivity contribution in [2.75, 3.05) is 26.2 Å². The molecule has 144 valence electrons. The molecule has 2 saturated heterocycles. The third-order valence-electron chi connectivity index (χ3n) is 7.22. The van der Waals surface area contributed by atoms with Gasteiger partial charge in [-0.05, 0) is 75.0 Å². The van der Waals surface area contributed by atoms with Gasteiger partial charge in [0.05, 0.1) is 12.1 Å². The van der Waals surface area contributed by atoms with Crippen LogP contribution in [0.15, 0.2) is 42.7 Å². The highest BCUT2D eigenvalue weighted by Crippen LogP contribution is 2.52. The first-order valence-corrected chi connectivity index (χ1v) is 10.5. The highest BCUT2D eigenvalue weighted by molar-refractivity contribution is 5.45. The summed E-state index contributed by atoms with van der Waals surface area (Å²) >= 11 is 0. The van der Waals surface area contributed by atoms with Gasteiger partial charge in [-0.1, -0.05) is 24.3 Å². The van der Waals surface area contributed by atoms with Gasteiger partial charge in [0.2, 0.25) is 0 Å². The topological polar surface area (TPSA) is 53.3 Å². The summed E-state index contributed by atoms with van der Waals surface area (Å²) in [6.45, 7) is 5.15. The molecule has 27 heavy (non-hydrogen) atoms. The maximum Gasteiger partial charge on any atom is 0.0834 e. The van der Waals surface area contributed by atoms with Crippen molar-refractivity contribution < 1.29 is 5.11 Å². The van der Waals surface area contributed by atoms with Crippen LogP contribution in [0.3, 0.4) is 0 Å². The zero-order valence-corrected chi connectivity index (χ0v) is 15.9. The third kappa shape index (κ3) is 2.93. The summed E-state index contributed by atoms with van der Waals surface area (Å²) in [5.41, 5.74) is 2.72. The second-order valence-electron chi connectivity index (χ2n) is 8.59. The lowest BCUT2D eigenvalue weighted by Crippen LogP contribution is -2.49. The van der Waals surface area contributed by atoms with E-state index in [4.69, 9.17) is 0 Å². The minimum absolute atomic E-state index is 0.0571. The summed E-state index contributed by atoms with van der Waals surface area (Å²) < 4.78 is 2.06. The van der Waals surface area contributed by atoms with Crippen LogP contribution in [0.25, 0.3) is 0 Å². The van der Waals surface area contributed by atoms with E-state index < -0.39 is 0 Å². The Balaban J connectivity index is 1.35. The van der Waals surface area contributed by atoms with Crippen LogP contribution in [0, 0.1) is 5.92 Å². The lowest BCUT2D eigenvalue weighted by Gasteiger charge is -2.42. The average molecular weight is 367 g/mol. The molecule has 5 heteroatoms. The van der Waals surface area contributed by atoms with Gasteiger partial charge >= 0.3 is 0 Å². The van der Waals surface area contributed by atoms with E-state index in [0.29, 0.717) is 5.92 Å². The Labute approximate surface area is 161 Å². The number of piperidine rings is 2. The van der Waals surface area contributed by atoms with E-state index in [-0.39, 0.29) is 17.6 Å². The van der Waals surface area contributed by atoms with Crippen molar-refractivity contribution in [3.05, 3.63) is 53.9 Å². The Morgan fingerprint density at radius 3 is 2.63 bits per heavy atom. The van der Waals surface area contributed by atoms with E-state index in [1.165, 1.54) is 24.0 Å². The number of fused-ring (bicyclic) bond motifs is 2. The number of nitrogens with zero attached hydrogens (tertiary/aromatic N) is 3. The van der Waals surface area contributed by atoms with Crippen LogP contribution in [0.1, 0.15) is 42.9 Å². The van der Waals surface area contributed by atoms with Crippen molar-refractivity contribution in [3.8, 4) is 0 Å². The predicted molar refractivity (Wildman–Crippen MR) is 105 cm³/mol. The van der Waals surface area contributed by atoms with Crippen LogP contribution < -0.4 is 5.32 Å². The molecule has 3 heterocycles. The summed E-state index contributed by atoms with van der Waals surface area (Å²) in [4.78, 5) is 2.56. The predicted octanol–water partition coefficient (Wildman–Crippen LogP) is 2.33. The molecular weight excluding hydrogens is 336 g/mol. The van der Waals surface area contributed by atoms with Gasteiger partial charge in [-0.2, -0.15) is 5.10 Å². The van der Waals surface area contributed by atoms with Crippen LogP contribution in [0.4, 0.5) is 0 Å². The maximum absolute atomic E-state index is 11.5. The van der Waals surface area contributed by atoms with E-state index in [2.05, 4.69) is 50.5 Å². The molecule has 0 bridgehead atoms. The first-order chi connectivity index (χ1) is 13.3. The summed E-state index contributed by atoms with van der Waals surface area (Å²) in [6, 6.07) is 11.0. The molecule has 0 saturated carbocycles. The normalized spacial score (nSPS) is 28.5. The number of hydrogen-bond donors (Lipinski definition) is 2. The fourth-order valence-electron chi connectivity index (χ4n) is 5.76. The van der Waals surface area contributed by atoms with Crippen molar-refractivity contribution in [2.45, 2.75) is 49.8 Å². The Morgan fingerprint density at radius 1 is 1.11 bits per heavy atom. The summed E-state index contributed by atoms with van der Waals surface area (Å²) in [7, 11) is 0. The molecule has 1 aromatic heterocycles. The van der Waals surface area contributed by atoms with Crippen LogP contribution in [-0.2, 0) is 12.0 Å². The smallest absolute Gasteiger partial charge is 0.0834 e. The summed E-state index contributed by atoms with van der Waals surface area (Å²) in [5.74, 6) is 0.683. The molecule has 5 nitrogen and oxygen atoms in total. The molecule has 2 N–H and O–H groups in total. The fraction of sp³-hybridized carbons (Fsp3) is 0.591. The van der Waals surface area contributed by atoms with Crippen LogP contribution in [0.2, 0.25) is 0 Å². The molecule has 1 spiro atoms. The Bertz CT molecular complexity index is 760. The Kier molecular flexibility index (Phi) is 4.54. The average Bonchev–Trinajstić information content (AvgIpc) is 3.30. The van der Waals surface area contributed by atoms with Gasteiger partial charge in [0.1, 0.15) is 0 Å². The third-order valence-corrected chi connectivity index (χ3v) is 7.22. The van der Waals surface area contributed by atoms with Crippen molar-refractivity contribution >= 4 is 0 Å². The molecule has 3 aliphatic rings. The zero-order chi connectivity index (χ0) is 18.3. The first kappa shape index (κ1) is 17.4. The molecule has 5 rings (SSSR count). The highest BCUT2D eigenvalue weighted by Gasteiger charge is 2.53. The lowest BCUT2D eigenvalue weighted by atomic mass is 9.72. The van der Waals surface area contributed by atoms with Gasteiger partial charge in [0.15, 0.2) is 0 Å². The van der Waals surface area contributed by atoms with Crippen LogP contribution >= 0.6 is 0 Å². The van der Waals surface area contributed by atoms with E-state index in [1.807, 2.05) is 12.3 Å². The minimum atomic E-state index is -0.292. The highest BCUT2D eigenvalue weighted by atomic mass is 16.3. The Morgan fingerprint density at radius 2 is 1.89 bits per heavy atom. The number of rotatable bonds is 3. The molecule has 2 aromatic rings.